The van der Waals surface area contributed by atoms with Crippen molar-refractivity contribution in [1.29, 1.82) is 0 Å². The quantitative estimate of drug-likeness (QED) is 0.717. The lowest BCUT2D eigenvalue weighted by atomic mass is 9.87. The number of carbonyl (C=O) groups excluding carboxylic acids is 2. The summed E-state index contributed by atoms with van der Waals surface area (Å²) in [4.78, 5) is 23.7. The van der Waals surface area contributed by atoms with Crippen molar-refractivity contribution in [3.63, 3.8) is 0 Å². The Morgan fingerprint density at radius 2 is 1.91 bits per heavy atom. The molecule has 0 aliphatic carbocycles. The Hall–Kier alpha value is -1.30. The van der Waals surface area contributed by atoms with Gasteiger partial charge in [0, 0.05) is 6.54 Å². The summed E-state index contributed by atoms with van der Waals surface area (Å²) in [5, 5.41) is 14.8. The van der Waals surface area contributed by atoms with Crippen LogP contribution in [0, 0.1) is 5.41 Å². The molecule has 122 valence electrons. The van der Waals surface area contributed by atoms with Crippen LogP contribution in [0.3, 0.4) is 0 Å². The van der Waals surface area contributed by atoms with E-state index >= 15 is 0 Å². The smallest absolute Gasteiger partial charge is 0.313 e. The van der Waals surface area contributed by atoms with Gasteiger partial charge in [-0.05, 0) is 30.9 Å². The van der Waals surface area contributed by atoms with E-state index in [4.69, 9.17) is 23.2 Å². The highest BCUT2D eigenvalue weighted by atomic mass is 35.5. The standard InChI is InChI=1S/C15H20Cl2N2O3/c1-9(20)7-15(2,3)8-18-13(21)14(22)19-11-6-4-5-10(16)12(11)17/h4-6,9,20H,7-8H2,1-3H3,(H,18,21)(H,19,22). The summed E-state index contributed by atoms with van der Waals surface area (Å²) in [5.41, 5.74) is -0.0461. The van der Waals surface area contributed by atoms with Gasteiger partial charge >= 0.3 is 11.8 Å². The zero-order valence-electron chi connectivity index (χ0n) is 12.7. The first-order chi connectivity index (χ1) is 10.1. The van der Waals surface area contributed by atoms with E-state index in [0.717, 1.165) is 0 Å². The minimum atomic E-state index is -0.822. The molecule has 1 aromatic rings. The molecule has 22 heavy (non-hydrogen) atoms. The van der Waals surface area contributed by atoms with Gasteiger partial charge in [0.1, 0.15) is 0 Å². The molecule has 0 saturated heterocycles. The Labute approximate surface area is 140 Å². The molecular weight excluding hydrogens is 327 g/mol. The summed E-state index contributed by atoms with van der Waals surface area (Å²) in [6.07, 6.45) is 0.0284. The van der Waals surface area contributed by atoms with Crippen molar-refractivity contribution in [3.05, 3.63) is 28.2 Å². The van der Waals surface area contributed by atoms with Crippen LogP contribution in [-0.4, -0.2) is 29.6 Å². The maximum absolute atomic E-state index is 11.8. The topological polar surface area (TPSA) is 78.4 Å². The minimum absolute atomic E-state index is 0.180. The van der Waals surface area contributed by atoms with Gasteiger partial charge in [0.2, 0.25) is 0 Å². The van der Waals surface area contributed by atoms with E-state index in [9.17, 15) is 14.7 Å². The second kappa shape index (κ2) is 7.81. The number of aliphatic hydroxyl groups excluding tert-OH is 1. The summed E-state index contributed by atoms with van der Waals surface area (Å²) in [5.74, 6) is -1.59. The molecule has 3 N–H and O–H groups in total. The van der Waals surface area contributed by atoms with Crippen molar-refractivity contribution >= 4 is 40.7 Å². The molecule has 1 unspecified atom stereocenters. The largest absolute Gasteiger partial charge is 0.393 e. The van der Waals surface area contributed by atoms with Crippen LogP contribution in [0.1, 0.15) is 27.2 Å². The van der Waals surface area contributed by atoms with Gasteiger partial charge in [-0.2, -0.15) is 0 Å². The molecule has 7 heteroatoms. The molecule has 0 fully saturated rings. The molecule has 0 bridgehead atoms. The number of carbonyl (C=O) groups is 2. The summed E-state index contributed by atoms with van der Waals surface area (Å²) in [6.45, 7) is 5.74. The molecule has 0 saturated carbocycles. The molecular formula is C15H20Cl2N2O3. The van der Waals surface area contributed by atoms with Crippen molar-refractivity contribution in [2.75, 3.05) is 11.9 Å². The number of amides is 2. The highest BCUT2D eigenvalue weighted by Gasteiger charge is 2.23. The van der Waals surface area contributed by atoms with Crippen LogP contribution in [0.4, 0.5) is 5.69 Å². The first-order valence-electron chi connectivity index (χ1n) is 6.83. The monoisotopic (exact) mass is 346 g/mol. The zero-order valence-corrected chi connectivity index (χ0v) is 14.3. The molecule has 0 spiro atoms. The molecule has 1 rings (SSSR count). The van der Waals surface area contributed by atoms with Crippen LogP contribution in [0.5, 0.6) is 0 Å². The number of hydrogen-bond donors (Lipinski definition) is 3. The third kappa shape index (κ3) is 5.83. The van der Waals surface area contributed by atoms with E-state index in [1.165, 1.54) is 0 Å². The Balaban J connectivity index is 2.59. The first kappa shape index (κ1) is 18.7. The van der Waals surface area contributed by atoms with E-state index < -0.39 is 17.9 Å². The van der Waals surface area contributed by atoms with E-state index in [1.54, 1.807) is 25.1 Å². The highest BCUT2D eigenvalue weighted by Crippen LogP contribution is 2.29. The van der Waals surface area contributed by atoms with Crippen LogP contribution in [0.25, 0.3) is 0 Å². The summed E-state index contributed by atoms with van der Waals surface area (Å²) in [6, 6.07) is 4.75. The second-order valence-corrected chi connectivity index (χ2v) is 6.74. The Morgan fingerprint density at radius 1 is 1.27 bits per heavy atom. The SMILES string of the molecule is CC(O)CC(C)(C)CNC(=O)C(=O)Nc1cccc(Cl)c1Cl. The predicted molar refractivity (Wildman–Crippen MR) is 88.2 cm³/mol. The van der Waals surface area contributed by atoms with Gasteiger partial charge in [0.15, 0.2) is 0 Å². The number of halogens is 2. The lowest BCUT2D eigenvalue weighted by Crippen LogP contribution is -2.41. The van der Waals surface area contributed by atoms with Gasteiger partial charge in [0.25, 0.3) is 0 Å². The maximum atomic E-state index is 11.8. The number of anilines is 1. The molecule has 0 aliphatic heterocycles. The predicted octanol–water partition coefficient (Wildman–Crippen LogP) is 2.85. The Bertz CT molecular complexity index is 560. The van der Waals surface area contributed by atoms with Crippen LogP contribution in [0.15, 0.2) is 18.2 Å². The summed E-state index contributed by atoms with van der Waals surface area (Å²) < 4.78 is 0. The van der Waals surface area contributed by atoms with Crippen LogP contribution in [0.2, 0.25) is 10.0 Å². The van der Waals surface area contributed by atoms with Gasteiger partial charge in [0.05, 0.1) is 21.8 Å². The first-order valence-corrected chi connectivity index (χ1v) is 7.59. The number of aliphatic hydroxyl groups is 1. The number of rotatable bonds is 5. The average Bonchev–Trinajstić information content (AvgIpc) is 2.40. The van der Waals surface area contributed by atoms with Crippen molar-refractivity contribution < 1.29 is 14.7 Å². The van der Waals surface area contributed by atoms with Crippen molar-refractivity contribution in [3.8, 4) is 0 Å². The molecule has 5 nitrogen and oxygen atoms in total. The van der Waals surface area contributed by atoms with Crippen molar-refractivity contribution in [1.82, 2.24) is 5.32 Å². The van der Waals surface area contributed by atoms with Crippen LogP contribution < -0.4 is 10.6 Å². The molecule has 2 amide bonds. The fraction of sp³-hybridized carbons (Fsp3) is 0.467. The molecule has 0 radical (unpaired) electrons. The van der Waals surface area contributed by atoms with Gasteiger partial charge < -0.3 is 15.7 Å². The van der Waals surface area contributed by atoms with Crippen molar-refractivity contribution in [2.45, 2.75) is 33.3 Å². The lowest BCUT2D eigenvalue weighted by molar-refractivity contribution is -0.136. The minimum Gasteiger partial charge on any atom is -0.393 e. The molecule has 1 atom stereocenters. The van der Waals surface area contributed by atoms with E-state index in [0.29, 0.717) is 6.42 Å². The molecule has 0 aromatic heterocycles. The normalized spacial score (nSPS) is 12.6. The highest BCUT2D eigenvalue weighted by molar-refractivity contribution is 6.45. The lowest BCUT2D eigenvalue weighted by Gasteiger charge is -2.26. The fourth-order valence-electron chi connectivity index (χ4n) is 2.05. The van der Waals surface area contributed by atoms with Crippen LogP contribution in [-0.2, 0) is 9.59 Å². The average molecular weight is 347 g/mol. The summed E-state index contributed by atoms with van der Waals surface area (Å²) >= 11 is 11.8. The van der Waals surface area contributed by atoms with E-state index in [1.807, 2.05) is 13.8 Å². The maximum Gasteiger partial charge on any atom is 0.313 e. The number of hydrogen-bond acceptors (Lipinski definition) is 3. The van der Waals surface area contributed by atoms with Gasteiger partial charge in [-0.1, -0.05) is 43.1 Å². The number of nitrogens with one attached hydrogen (secondary N) is 2. The molecule has 1 aromatic carbocycles. The Morgan fingerprint density at radius 3 is 2.50 bits per heavy atom. The molecule has 0 aliphatic rings. The van der Waals surface area contributed by atoms with Gasteiger partial charge in [-0.3, -0.25) is 9.59 Å². The van der Waals surface area contributed by atoms with E-state index in [-0.39, 0.29) is 27.7 Å². The third-order valence-corrected chi connectivity index (χ3v) is 3.80. The fourth-order valence-corrected chi connectivity index (χ4v) is 2.40. The molecule has 0 heterocycles. The van der Waals surface area contributed by atoms with Gasteiger partial charge in [-0.15, -0.1) is 0 Å². The zero-order chi connectivity index (χ0) is 16.9. The Kier molecular flexibility index (Phi) is 6.66. The van der Waals surface area contributed by atoms with Crippen LogP contribution >= 0.6 is 23.2 Å². The number of benzene rings is 1. The van der Waals surface area contributed by atoms with Gasteiger partial charge in [-0.25, -0.2) is 0 Å². The van der Waals surface area contributed by atoms with E-state index in [2.05, 4.69) is 10.6 Å². The van der Waals surface area contributed by atoms with Crippen molar-refractivity contribution in [2.24, 2.45) is 5.41 Å². The third-order valence-electron chi connectivity index (χ3n) is 2.98. The second-order valence-electron chi connectivity index (χ2n) is 5.96. The summed E-state index contributed by atoms with van der Waals surface area (Å²) in [7, 11) is 0.